The number of nitrogens with zero attached hydrogens (tertiary/aromatic N) is 4. The molecule has 208 valence electrons. The third-order valence-electron chi connectivity index (χ3n) is 6.77. The number of carboxylic acids is 1. The second-order valence-electron chi connectivity index (χ2n) is 11.4. The van der Waals surface area contributed by atoms with Gasteiger partial charge in [0.25, 0.3) is 0 Å². The molecule has 0 unspecified atom stereocenters. The highest BCUT2D eigenvalue weighted by atomic mass is 19.1. The lowest BCUT2D eigenvalue weighted by atomic mass is 9.76. The van der Waals surface area contributed by atoms with Gasteiger partial charge in [0, 0.05) is 30.5 Å². The monoisotopic (exact) mass is 541 g/mol. The maximum absolute atomic E-state index is 14.4. The van der Waals surface area contributed by atoms with Crippen molar-refractivity contribution in [1.29, 1.82) is 0 Å². The van der Waals surface area contributed by atoms with Gasteiger partial charge in [-0.25, -0.2) is 23.5 Å². The molecule has 0 radical (unpaired) electrons. The lowest BCUT2D eigenvalue weighted by Crippen LogP contribution is -2.59. The molecule has 2 aliphatic rings. The molecule has 1 atom stereocenters. The lowest BCUT2D eigenvalue weighted by molar-refractivity contribution is 0.00869. The van der Waals surface area contributed by atoms with Crippen molar-refractivity contribution >= 4 is 23.5 Å². The fourth-order valence-corrected chi connectivity index (χ4v) is 4.91. The topological polar surface area (TPSA) is 128 Å². The second kappa shape index (κ2) is 9.58. The maximum Gasteiger partial charge on any atom is 0.408 e. The summed E-state index contributed by atoms with van der Waals surface area (Å²) in [5, 5.41) is 16.5. The van der Waals surface area contributed by atoms with Crippen molar-refractivity contribution < 1.29 is 33.3 Å². The van der Waals surface area contributed by atoms with Gasteiger partial charge in [0.1, 0.15) is 35.4 Å². The summed E-state index contributed by atoms with van der Waals surface area (Å²) in [5.41, 5.74) is -0.291. The zero-order valence-corrected chi connectivity index (χ0v) is 22.5. The van der Waals surface area contributed by atoms with Crippen LogP contribution in [0.2, 0.25) is 0 Å². The van der Waals surface area contributed by atoms with E-state index < -0.39 is 29.0 Å². The first-order valence-corrected chi connectivity index (χ1v) is 12.8. The average Bonchev–Trinajstić information content (AvgIpc) is 3.22. The number of hydrogen-bond acceptors (Lipinski definition) is 8. The Balaban J connectivity index is 1.35. The van der Waals surface area contributed by atoms with E-state index >= 15 is 0 Å². The minimum atomic E-state index is -1.14. The number of carboxylic acid groups (broad SMARTS) is 1. The Kier molecular flexibility index (Phi) is 6.51. The Hall–Kier alpha value is -4.09. The molecule has 1 aromatic carbocycles. The van der Waals surface area contributed by atoms with E-state index in [-0.39, 0.29) is 29.9 Å². The molecule has 1 aliphatic heterocycles. The highest BCUT2D eigenvalue weighted by Crippen LogP contribution is 2.38. The second-order valence-corrected chi connectivity index (χ2v) is 11.4. The number of alkyl carbamates (subject to hydrolysis) is 1. The third-order valence-corrected chi connectivity index (χ3v) is 6.77. The number of hydrogen-bond donors (Lipinski definition) is 2. The van der Waals surface area contributed by atoms with E-state index in [4.69, 9.17) is 14.2 Å². The van der Waals surface area contributed by atoms with E-state index in [9.17, 15) is 19.1 Å². The van der Waals surface area contributed by atoms with Gasteiger partial charge in [-0.1, -0.05) is 0 Å². The molecular formula is C27H32FN5O6. The molecule has 1 aliphatic carbocycles. The van der Waals surface area contributed by atoms with Gasteiger partial charge >= 0.3 is 12.1 Å². The summed E-state index contributed by atoms with van der Waals surface area (Å²) in [6.07, 6.45) is 3.32. The summed E-state index contributed by atoms with van der Waals surface area (Å²) in [6.45, 7) is 9.92. The molecule has 11 nitrogen and oxygen atoms in total. The molecule has 12 heteroatoms. The van der Waals surface area contributed by atoms with Gasteiger partial charge < -0.3 is 29.5 Å². The number of rotatable bonds is 6. The molecule has 2 aromatic heterocycles. The molecule has 3 aromatic rings. The minimum absolute atomic E-state index is 0.0289. The van der Waals surface area contributed by atoms with Crippen molar-refractivity contribution in [3.8, 4) is 11.5 Å². The number of anilines is 1. The highest BCUT2D eigenvalue weighted by Gasteiger charge is 2.44. The first-order chi connectivity index (χ1) is 18.3. The number of fused-ring (bicyclic) bond motifs is 2. The predicted molar refractivity (Wildman–Crippen MR) is 139 cm³/mol. The van der Waals surface area contributed by atoms with Crippen LogP contribution >= 0.6 is 0 Å². The van der Waals surface area contributed by atoms with Crippen LogP contribution in [0.4, 0.5) is 15.0 Å². The van der Waals surface area contributed by atoms with E-state index in [0.717, 1.165) is 0 Å². The largest absolute Gasteiger partial charge is 0.490 e. The Morgan fingerprint density at radius 2 is 2.05 bits per heavy atom. The zero-order valence-electron chi connectivity index (χ0n) is 22.5. The van der Waals surface area contributed by atoms with Crippen LogP contribution in [0, 0.1) is 5.82 Å². The zero-order chi connectivity index (χ0) is 28.1. The number of carbonyl (C=O) groups excluding carboxylic acids is 1. The van der Waals surface area contributed by atoms with Crippen molar-refractivity contribution in [3.63, 3.8) is 0 Å². The minimum Gasteiger partial charge on any atom is -0.490 e. The predicted octanol–water partition coefficient (Wildman–Crippen LogP) is 4.18. The van der Waals surface area contributed by atoms with E-state index in [0.29, 0.717) is 42.3 Å². The van der Waals surface area contributed by atoms with Crippen LogP contribution in [0.15, 0.2) is 30.6 Å². The van der Waals surface area contributed by atoms with Gasteiger partial charge in [-0.05, 0) is 52.8 Å². The maximum atomic E-state index is 14.4. The summed E-state index contributed by atoms with van der Waals surface area (Å²) >= 11 is 0. The Morgan fingerprint density at radius 1 is 1.31 bits per heavy atom. The summed E-state index contributed by atoms with van der Waals surface area (Å²) < 4.78 is 33.2. The standard InChI is InChI=1S/C27H32FN5O6/c1-15-14-37-21-13-33-22(19(11-29-33)24(34)35)30-23(21)32(15)12-16-8-17(28)6-7-20(16)38-18-9-27(5,10-18)31-25(36)39-26(2,3)4/h6-8,11,13,15,18H,9-10,12,14H2,1-5H3,(H,31,36)(H,34,35)/t15-,18-,27+/m1/s1. The molecule has 39 heavy (non-hydrogen) atoms. The lowest BCUT2D eigenvalue weighted by Gasteiger charge is -2.45. The third kappa shape index (κ3) is 5.55. The smallest absolute Gasteiger partial charge is 0.408 e. The van der Waals surface area contributed by atoms with E-state index in [1.165, 1.54) is 22.8 Å². The van der Waals surface area contributed by atoms with E-state index in [1.807, 2.05) is 39.5 Å². The quantitative estimate of drug-likeness (QED) is 0.472. The number of amides is 1. The SMILES string of the molecule is C[C@@H]1COc2cn3ncc(C(=O)O)c3nc2N1Cc1cc(F)ccc1O[C@H]1C[C@@](C)(NC(=O)OC(C)(C)C)C1. The molecule has 5 rings (SSSR count). The summed E-state index contributed by atoms with van der Waals surface area (Å²) in [5.74, 6) is -0.128. The molecule has 1 amide bonds. The van der Waals surface area contributed by atoms with Crippen molar-refractivity contribution in [2.75, 3.05) is 11.5 Å². The van der Waals surface area contributed by atoms with Crippen LogP contribution in [0.1, 0.15) is 63.4 Å². The summed E-state index contributed by atoms with van der Waals surface area (Å²) in [6, 6.07) is 4.24. The van der Waals surface area contributed by atoms with Gasteiger partial charge in [0.2, 0.25) is 0 Å². The summed E-state index contributed by atoms with van der Waals surface area (Å²) in [4.78, 5) is 30.4. The van der Waals surface area contributed by atoms with Crippen LogP contribution in [0.3, 0.4) is 0 Å². The van der Waals surface area contributed by atoms with Gasteiger partial charge in [-0.3, -0.25) is 0 Å². The van der Waals surface area contributed by atoms with Gasteiger partial charge in [0.15, 0.2) is 17.2 Å². The fourth-order valence-electron chi connectivity index (χ4n) is 4.91. The van der Waals surface area contributed by atoms with Crippen molar-refractivity contribution in [1.82, 2.24) is 19.9 Å². The van der Waals surface area contributed by atoms with Crippen LogP contribution in [0.25, 0.3) is 5.65 Å². The van der Waals surface area contributed by atoms with Crippen LogP contribution in [-0.2, 0) is 11.3 Å². The van der Waals surface area contributed by atoms with Crippen LogP contribution in [0.5, 0.6) is 11.5 Å². The number of ether oxygens (including phenoxy) is 3. The van der Waals surface area contributed by atoms with Crippen molar-refractivity contribution in [2.45, 2.75) is 77.3 Å². The Labute approximate surface area is 224 Å². The Bertz CT molecular complexity index is 1430. The first kappa shape index (κ1) is 26.5. The van der Waals surface area contributed by atoms with Crippen molar-refractivity contribution in [2.24, 2.45) is 0 Å². The molecule has 3 heterocycles. The molecule has 1 fully saturated rings. The molecule has 0 spiro atoms. The average molecular weight is 542 g/mol. The number of aromatic carboxylic acids is 1. The highest BCUT2D eigenvalue weighted by molar-refractivity contribution is 5.94. The number of halogens is 1. The molecule has 1 saturated carbocycles. The molecule has 0 bridgehead atoms. The molecule has 0 saturated heterocycles. The number of aromatic nitrogens is 3. The van der Waals surface area contributed by atoms with Crippen LogP contribution in [-0.4, -0.2) is 61.7 Å². The van der Waals surface area contributed by atoms with E-state index in [2.05, 4.69) is 15.4 Å². The summed E-state index contributed by atoms with van der Waals surface area (Å²) in [7, 11) is 0. The van der Waals surface area contributed by atoms with Gasteiger partial charge in [0.05, 0.1) is 18.4 Å². The number of benzene rings is 1. The molecule has 2 N–H and O–H groups in total. The van der Waals surface area contributed by atoms with Gasteiger partial charge in [-0.2, -0.15) is 5.10 Å². The first-order valence-electron chi connectivity index (χ1n) is 12.8. The fraction of sp³-hybridized carbons (Fsp3) is 0.481. The number of carbonyl (C=O) groups is 2. The Morgan fingerprint density at radius 3 is 2.74 bits per heavy atom. The number of nitrogens with one attached hydrogen (secondary N) is 1. The van der Waals surface area contributed by atoms with Gasteiger partial charge in [-0.15, -0.1) is 0 Å². The molecular weight excluding hydrogens is 509 g/mol. The normalized spacial score (nSPS) is 22.5. The van der Waals surface area contributed by atoms with Crippen LogP contribution < -0.4 is 19.7 Å². The van der Waals surface area contributed by atoms with E-state index in [1.54, 1.807) is 12.3 Å². The van der Waals surface area contributed by atoms with Crippen molar-refractivity contribution in [3.05, 3.63) is 47.5 Å².